The van der Waals surface area contributed by atoms with Gasteiger partial charge in [0.05, 0.1) is 5.69 Å². The molecule has 0 N–H and O–H groups in total. The number of aromatic nitrogens is 3. The van der Waals surface area contributed by atoms with Crippen molar-refractivity contribution in [3.63, 3.8) is 0 Å². The molecule has 2 aromatic heterocycles. The van der Waals surface area contributed by atoms with Gasteiger partial charge in [-0.3, -0.25) is 4.79 Å². The van der Waals surface area contributed by atoms with Gasteiger partial charge in [-0.05, 0) is 33.1 Å². The van der Waals surface area contributed by atoms with Crippen LogP contribution >= 0.6 is 11.8 Å². The molecule has 5 nitrogen and oxygen atoms in total. The molecule has 0 radical (unpaired) electrons. The maximum absolute atomic E-state index is 11.4. The van der Waals surface area contributed by atoms with E-state index in [-0.39, 0.29) is 5.56 Å². The Balaban J connectivity index is 1.69. The number of thioether (sulfide) groups is 1. The smallest absolute Gasteiger partial charge is 0.273 e. The Hall–Kier alpha value is -1.56. The normalized spacial score (nSPS) is 14.7. The van der Waals surface area contributed by atoms with Crippen molar-refractivity contribution in [2.75, 3.05) is 5.75 Å². The second kappa shape index (κ2) is 5.44. The molecular weight excluding hydrogens is 274 g/mol. The fourth-order valence-corrected chi connectivity index (χ4v) is 3.24. The van der Waals surface area contributed by atoms with Crippen molar-refractivity contribution in [3.8, 4) is 0 Å². The molecule has 0 aliphatic heterocycles. The highest BCUT2D eigenvalue weighted by Gasteiger charge is 2.25. The first-order valence-corrected chi connectivity index (χ1v) is 7.77. The topological polar surface area (TPSA) is 60.9 Å². The van der Waals surface area contributed by atoms with Gasteiger partial charge >= 0.3 is 0 Å². The van der Waals surface area contributed by atoms with Crippen LogP contribution in [0, 0.1) is 13.8 Å². The molecule has 0 amide bonds. The van der Waals surface area contributed by atoms with E-state index in [1.54, 1.807) is 11.8 Å². The van der Waals surface area contributed by atoms with Gasteiger partial charge in [-0.2, -0.15) is 4.98 Å². The van der Waals surface area contributed by atoms with Crippen molar-refractivity contribution >= 4 is 11.8 Å². The SMILES string of the molecule is Cc1noc(C)c1CCSc1nc(=O)ccn1C1CC1. The van der Waals surface area contributed by atoms with Crippen LogP contribution in [0.1, 0.15) is 35.9 Å². The first kappa shape index (κ1) is 13.4. The molecule has 0 spiro atoms. The number of hydrogen-bond acceptors (Lipinski definition) is 5. The zero-order chi connectivity index (χ0) is 14.1. The molecule has 0 unspecified atom stereocenters. The van der Waals surface area contributed by atoms with Gasteiger partial charge < -0.3 is 9.09 Å². The lowest BCUT2D eigenvalue weighted by Crippen LogP contribution is -2.12. The van der Waals surface area contributed by atoms with E-state index in [4.69, 9.17) is 4.52 Å². The summed E-state index contributed by atoms with van der Waals surface area (Å²) >= 11 is 1.63. The molecule has 1 aliphatic carbocycles. The second-order valence-electron chi connectivity index (χ2n) is 5.09. The van der Waals surface area contributed by atoms with Crippen LogP contribution in [-0.2, 0) is 6.42 Å². The first-order chi connectivity index (χ1) is 9.65. The van der Waals surface area contributed by atoms with E-state index in [9.17, 15) is 4.79 Å². The van der Waals surface area contributed by atoms with E-state index in [1.807, 2.05) is 20.0 Å². The summed E-state index contributed by atoms with van der Waals surface area (Å²) in [7, 11) is 0. The van der Waals surface area contributed by atoms with Gasteiger partial charge in [0.15, 0.2) is 5.16 Å². The van der Waals surface area contributed by atoms with Crippen molar-refractivity contribution in [3.05, 3.63) is 39.6 Å². The molecule has 106 valence electrons. The molecule has 6 heteroatoms. The van der Waals surface area contributed by atoms with E-state index in [1.165, 1.54) is 18.9 Å². The van der Waals surface area contributed by atoms with E-state index < -0.39 is 0 Å². The molecule has 2 heterocycles. The van der Waals surface area contributed by atoms with Crippen molar-refractivity contribution in [2.24, 2.45) is 0 Å². The highest BCUT2D eigenvalue weighted by atomic mass is 32.2. The zero-order valence-electron chi connectivity index (χ0n) is 11.6. The highest BCUT2D eigenvalue weighted by Crippen LogP contribution is 2.37. The standard InChI is InChI=1S/C14H17N3O2S/c1-9-12(10(2)19-16-9)6-8-20-14-15-13(18)5-7-17(14)11-3-4-11/h5,7,11H,3-4,6,8H2,1-2H3. The predicted octanol–water partition coefficient (Wildman–Crippen LogP) is 2.52. The molecule has 1 fully saturated rings. The summed E-state index contributed by atoms with van der Waals surface area (Å²) < 4.78 is 7.28. The summed E-state index contributed by atoms with van der Waals surface area (Å²) in [5.41, 5.74) is 1.94. The Morgan fingerprint density at radius 1 is 1.45 bits per heavy atom. The minimum atomic E-state index is -0.165. The van der Waals surface area contributed by atoms with Gasteiger partial charge in [-0.1, -0.05) is 16.9 Å². The number of hydrogen-bond donors (Lipinski definition) is 0. The molecule has 0 saturated heterocycles. The summed E-state index contributed by atoms with van der Waals surface area (Å²) in [5.74, 6) is 1.75. The number of aryl methyl sites for hydroxylation is 2. The number of nitrogens with zero attached hydrogens (tertiary/aromatic N) is 3. The predicted molar refractivity (Wildman–Crippen MR) is 77.2 cm³/mol. The maximum atomic E-state index is 11.4. The summed E-state index contributed by atoms with van der Waals surface area (Å²) in [4.78, 5) is 15.6. The minimum Gasteiger partial charge on any atom is -0.361 e. The fourth-order valence-electron chi connectivity index (χ4n) is 2.24. The van der Waals surface area contributed by atoms with Gasteiger partial charge in [0.1, 0.15) is 5.76 Å². The highest BCUT2D eigenvalue weighted by molar-refractivity contribution is 7.99. The minimum absolute atomic E-state index is 0.165. The van der Waals surface area contributed by atoms with Crippen molar-refractivity contribution in [1.82, 2.24) is 14.7 Å². The largest absolute Gasteiger partial charge is 0.361 e. The molecule has 1 aliphatic rings. The Morgan fingerprint density at radius 3 is 2.90 bits per heavy atom. The fraction of sp³-hybridized carbons (Fsp3) is 0.500. The lowest BCUT2D eigenvalue weighted by Gasteiger charge is -2.09. The summed E-state index contributed by atoms with van der Waals surface area (Å²) in [6.45, 7) is 3.89. The zero-order valence-corrected chi connectivity index (χ0v) is 12.4. The van der Waals surface area contributed by atoms with Gasteiger partial charge in [-0.25, -0.2) is 0 Å². The Labute approximate surface area is 121 Å². The molecule has 0 atom stereocenters. The molecule has 20 heavy (non-hydrogen) atoms. The molecule has 3 rings (SSSR count). The molecule has 0 bridgehead atoms. The third-order valence-electron chi connectivity index (χ3n) is 3.51. The Bertz CT molecular complexity index is 654. The van der Waals surface area contributed by atoms with E-state index in [0.717, 1.165) is 34.3 Å². The maximum Gasteiger partial charge on any atom is 0.273 e. The van der Waals surface area contributed by atoms with Crippen LogP contribution in [-0.4, -0.2) is 20.5 Å². The quantitative estimate of drug-likeness (QED) is 0.626. The van der Waals surface area contributed by atoms with Crippen LogP contribution in [0.15, 0.2) is 26.7 Å². The Kier molecular flexibility index (Phi) is 3.65. The van der Waals surface area contributed by atoms with E-state index >= 15 is 0 Å². The second-order valence-corrected chi connectivity index (χ2v) is 6.15. The molecule has 2 aromatic rings. The van der Waals surface area contributed by atoms with Gasteiger partial charge in [0.2, 0.25) is 0 Å². The van der Waals surface area contributed by atoms with Gasteiger partial charge in [0, 0.05) is 29.6 Å². The lowest BCUT2D eigenvalue weighted by atomic mass is 10.1. The lowest BCUT2D eigenvalue weighted by molar-refractivity contribution is 0.392. The van der Waals surface area contributed by atoms with Crippen LogP contribution in [0.2, 0.25) is 0 Å². The summed E-state index contributed by atoms with van der Waals surface area (Å²) in [6.07, 6.45) is 5.11. The van der Waals surface area contributed by atoms with Crippen molar-refractivity contribution in [2.45, 2.75) is 44.3 Å². The van der Waals surface area contributed by atoms with Crippen LogP contribution in [0.5, 0.6) is 0 Å². The molecular formula is C14H17N3O2S. The molecule has 0 aromatic carbocycles. The van der Waals surface area contributed by atoms with Crippen LogP contribution in [0.3, 0.4) is 0 Å². The average Bonchev–Trinajstić information content (AvgIpc) is 3.20. The first-order valence-electron chi connectivity index (χ1n) is 6.79. The van der Waals surface area contributed by atoms with Gasteiger partial charge in [-0.15, -0.1) is 0 Å². The average molecular weight is 291 g/mol. The van der Waals surface area contributed by atoms with Crippen LogP contribution in [0.25, 0.3) is 0 Å². The summed E-state index contributed by atoms with van der Waals surface area (Å²) in [6, 6.07) is 2.07. The van der Waals surface area contributed by atoms with Gasteiger partial charge in [0.25, 0.3) is 5.56 Å². The van der Waals surface area contributed by atoms with E-state index in [2.05, 4.69) is 14.7 Å². The van der Waals surface area contributed by atoms with Crippen LogP contribution < -0.4 is 5.56 Å². The van der Waals surface area contributed by atoms with Crippen molar-refractivity contribution < 1.29 is 4.52 Å². The van der Waals surface area contributed by atoms with Crippen molar-refractivity contribution in [1.29, 1.82) is 0 Å². The third-order valence-corrected chi connectivity index (χ3v) is 4.48. The Morgan fingerprint density at radius 2 is 2.25 bits per heavy atom. The summed E-state index contributed by atoms with van der Waals surface area (Å²) in [5, 5.41) is 4.78. The van der Waals surface area contributed by atoms with E-state index in [0.29, 0.717) is 6.04 Å². The third kappa shape index (κ3) is 2.80. The monoisotopic (exact) mass is 291 g/mol. The molecule has 1 saturated carbocycles. The van der Waals surface area contributed by atoms with Crippen LogP contribution in [0.4, 0.5) is 0 Å². The number of rotatable bonds is 5.